The number of para-hydroxylation sites is 1. The van der Waals surface area contributed by atoms with E-state index < -0.39 is 17.5 Å². The Hall–Kier alpha value is -3.68. The highest BCUT2D eigenvalue weighted by Gasteiger charge is 2.24. The molecule has 2 amide bonds. The molecule has 166 valence electrons. The molecule has 2 aromatic carbocycles. The standard InChI is InChI=1S/C24H23F2N3O3/c25-17-12-16(13-18(26)14-17)23(30)28-19-7-9-29(10-8-19)22-6-2-1-5-21(22)24(31)27-15-20-4-3-11-32-20/h1-6,11-14,19H,7-10,15H2,(H,27,31)(H,28,30). The molecular formula is C24H23F2N3O3. The van der Waals surface area contributed by atoms with Gasteiger partial charge in [0.1, 0.15) is 17.4 Å². The third-order valence-corrected chi connectivity index (χ3v) is 5.45. The third-order valence-electron chi connectivity index (χ3n) is 5.45. The van der Waals surface area contributed by atoms with Crippen LogP contribution in [0, 0.1) is 11.6 Å². The molecule has 6 nitrogen and oxygen atoms in total. The Morgan fingerprint density at radius 2 is 1.69 bits per heavy atom. The van der Waals surface area contributed by atoms with Gasteiger partial charge < -0.3 is 20.0 Å². The number of carbonyl (C=O) groups excluding carboxylic acids is 2. The van der Waals surface area contributed by atoms with Gasteiger partial charge in [-0.2, -0.15) is 0 Å². The maximum atomic E-state index is 13.4. The van der Waals surface area contributed by atoms with Gasteiger partial charge in [-0.25, -0.2) is 8.78 Å². The van der Waals surface area contributed by atoms with Crippen molar-refractivity contribution in [2.45, 2.75) is 25.4 Å². The lowest BCUT2D eigenvalue weighted by Gasteiger charge is -2.35. The molecule has 0 unspecified atom stereocenters. The van der Waals surface area contributed by atoms with Crippen LogP contribution in [-0.2, 0) is 6.54 Å². The highest BCUT2D eigenvalue weighted by Crippen LogP contribution is 2.24. The zero-order valence-electron chi connectivity index (χ0n) is 17.3. The quantitative estimate of drug-likeness (QED) is 0.611. The predicted octanol–water partition coefficient (Wildman–Crippen LogP) is 3.89. The van der Waals surface area contributed by atoms with Crippen LogP contribution in [0.1, 0.15) is 39.3 Å². The number of piperidine rings is 1. The summed E-state index contributed by atoms with van der Waals surface area (Å²) in [5.41, 5.74) is 1.35. The van der Waals surface area contributed by atoms with E-state index in [2.05, 4.69) is 15.5 Å². The van der Waals surface area contributed by atoms with Crippen molar-refractivity contribution in [3.05, 3.63) is 89.4 Å². The molecule has 0 atom stereocenters. The van der Waals surface area contributed by atoms with Crippen molar-refractivity contribution in [3.63, 3.8) is 0 Å². The van der Waals surface area contributed by atoms with Gasteiger partial charge in [0.15, 0.2) is 0 Å². The molecule has 2 heterocycles. The summed E-state index contributed by atoms with van der Waals surface area (Å²) < 4.78 is 32.0. The molecule has 1 saturated heterocycles. The first kappa shape index (κ1) is 21.5. The molecule has 8 heteroatoms. The minimum atomic E-state index is -0.785. The average Bonchev–Trinajstić information content (AvgIpc) is 3.31. The average molecular weight is 439 g/mol. The molecule has 32 heavy (non-hydrogen) atoms. The van der Waals surface area contributed by atoms with Gasteiger partial charge in [-0.15, -0.1) is 0 Å². The van der Waals surface area contributed by atoms with Crippen LogP contribution in [0.3, 0.4) is 0 Å². The second kappa shape index (κ2) is 9.64. The molecule has 0 saturated carbocycles. The van der Waals surface area contributed by atoms with E-state index in [9.17, 15) is 18.4 Å². The van der Waals surface area contributed by atoms with Gasteiger partial charge in [-0.05, 0) is 49.2 Å². The maximum absolute atomic E-state index is 13.4. The van der Waals surface area contributed by atoms with Crippen LogP contribution in [0.2, 0.25) is 0 Å². The van der Waals surface area contributed by atoms with Crippen molar-refractivity contribution in [2.24, 2.45) is 0 Å². The van der Waals surface area contributed by atoms with Crippen LogP contribution in [0.15, 0.2) is 65.3 Å². The number of rotatable bonds is 6. The van der Waals surface area contributed by atoms with Crippen LogP contribution < -0.4 is 15.5 Å². The SMILES string of the molecule is O=C(NC1CCN(c2ccccc2C(=O)NCc2ccco2)CC1)c1cc(F)cc(F)c1. The Bertz CT molecular complexity index is 1070. The number of benzene rings is 2. The molecule has 0 spiro atoms. The minimum absolute atomic E-state index is 0.0384. The lowest BCUT2D eigenvalue weighted by Crippen LogP contribution is -2.45. The first-order chi connectivity index (χ1) is 15.5. The topological polar surface area (TPSA) is 74.6 Å². The summed E-state index contributed by atoms with van der Waals surface area (Å²) in [6.45, 7) is 1.56. The van der Waals surface area contributed by atoms with E-state index in [1.54, 1.807) is 24.5 Å². The number of furan rings is 1. The summed E-state index contributed by atoms with van der Waals surface area (Å²) in [5.74, 6) is -1.59. The largest absolute Gasteiger partial charge is 0.467 e. The summed E-state index contributed by atoms with van der Waals surface area (Å²) in [7, 11) is 0. The van der Waals surface area contributed by atoms with Crippen molar-refractivity contribution in [1.29, 1.82) is 0 Å². The number of anilines is 1. The summed E-state index contributed by atoms with van der Waals surface area (Å²) in [6.07, 6.45) is 2.85. The van der Waals surface area contributed by atoms with Gasteiger partial charge in [-0.3, -0.25) is 9.59 Å². The fourth-order valence-corrected chi connectivity index (χ4v) is 3.84. The Morgan fingerprint density at radius 3 is 2.38 bits per heavy atom. The molecule has 3 aromatic rings. The van der Waals surface area contributed by atoms with Crippen molar-refractivity contribution < 1.29 is 22.8 Å². The maximum Gasteiger partial charge on any atom is 0.253 e. The molecule has 1 aliphatic rings. The molecule has 0 bridgehead atoms. The summed E-state index contributed by atoms with van der Waals surface area (Å²) in [6, 6.07) is 13.6. The molecule has 2 N–H and O–H groups in total. The number of hydrogen-bond acceptors (Lipinski definition) is 4. The first-order valence-corrected chi connectivity index (χ1v) is 10.4. The lowest BCUT2D eigenvalue weighted by molar-refractivity contribution is 0.0928. The Morgan fingerprint density at radius 1 is 0.969 bits per heavy atom. The van der Waals surface area contributed by atoms with E-state index in [1.807, 2.05) is 18.2 Å². The first-order valence-electron chi connectivity index (χ1n) is 10.4. The number of amides is 2. The fraction of sp³-hybridized carbons (Fsp3) is 0.250. The molecule has 0 aliphatic carbocycles. The van der Waals surface area contributed by atoms with Gasteiger partial charge in [0, 0.05) is 36.4 Å². The van der Waals surface area contributed by atoms with Gasteiger partial charge >= 0.3 is 0 Å². The number of halogens is 2. The van der Waals surface area contributed by atoms with Crippen LogP contribution >= 0.6 is 0 Å². The lowest BCUT2D eigenvalue weighted by atomic mass is 10.0. The highest BCUT2D eigenvalue weighted by atomic mass is 19.1. The Labute approximate surface area is 184 Å². The Balaban J connectivity index is 1.36. The van der Waals surface area contributed by atoms with Crippen molar-refractivity contribution in [3.8, 4) is 0 Å². The molecule has 4 rings (SSSR count). The van der Waals surface area contributed by atoms with Gasteiger partial charge in [0.05, 0.1) is 18.4 Å². The molecule has 1 aliphatic heterocycles. The van der Waals surface area contributed by atoms with E-state index in [4.69, 9.17) is 4.42 Å². The van der Waals surface area contributed by atoms with E-state index >= 15 is 0 Å². The minimum Gasteiger partial charge on any atom is -0.467 e. The molecule has 1 fully saturated rings. The number of carbonyl (C=O) groups is 2. The van der Waals surface area contributed by atoms with Crippen molar-refractivity contribution >= 4 is 17.5 Å². The van der Waals surface area contributed by atoms with Crippen LogP contribution in [0.4, 0.5) is 14.5 Å². The monoisotopic (exact) mass is 439 g/mol. The van der Waals surface area contributed by atoms with E-state index in [1.165, 1.54) is 0 Å². The second-order valence-electron chi connectivity index (χ2n) is 7.67. The van der Waals surface area contributed by atoms with Gasteiger partial charge in [0.25, 0.3) is 11.8 Å². The summed E-state index contributed by atoms with van der Waals surface area (Å²) in [5, 5.41) is 5.71. The van der Waals surface area contributed by atoms with E-state index in [0.717, 1.165) is 23.9 Å². The van der Waals surface area contributed by atoms with E-state index in [-0.39, 0.29) is 17.5 Å². The number of nitrogens with one attached hydrogen (secondary N) is 2. The smallest absolute Gasteiger partial charge is 0.253 e. The molecular weight excluding hydrogens is 416 g/mol. The summed E-state index contributed by atoms with van der Waals surface area (Å²) in [4.78, 5) is 27.2. The van der Waals surface area contributed by atoms with Gasteiger partial charge in [0.2, 0.25) is 0 Å². The number of hydrogen-bond donors (Lipinski definition) is 2. The zero-order valence-corrected chi connectivity index (χ0v) is 17.3. The molecule has 0 radical (unpaired) electrons. The number of nitrogens with zero attached hydrogens (tertiary/aromatic N) is 1. The van der Waals surface area contributed by atoms with Gasteiger partial charge in [-0.1, -0.05) is 12.1 Å². The second-order valence-corrected chi connectivity index (χ2v) is 7.67. The normalized spacial score (nSPS) is 14.2. The molecule has 1 aromatic heterocycles. The fourth-order valence-electron chi connectivity index (χ4n) is 3.84. The highest BCUT2D eigenvalue weighted by molar-refractivity contribution is 5.99. The van der Waals surface area contributed by atoms with E-state index in [0.29, 0.717) is 43.8 Å². The third kappa shape index (κ3) is 5.14. The van der Waals surface area contributed by atoms with Crippen LogP contribution in [0.5, 0.6) is 0 Å². The Kier molecular flexibility index (Phi) is 6.49. The van der Waals surface area contributed by atoms with Crippen molar-refractivity contribution in [1.82, 2.24) is 10.6 Å². The zero-order chi connectivity index (χ0) is 22.5. The predicted molar refractivity (Wildman–Crippen MR) is 115 cm³/mol. The van der Waals surface area contributed by atoms with Crippen LogP contribution in [-0.4, -0.2) is 30.9 Å². The van der Waals surface area contributed by atoms with Crippen LogP contribution in [0.25, 0.3) is 0 Å². The van der Waals surface area contributed by atoms with Crippen molar-refractivity contribution in [2.75, 3.05) is 18.0 Å². The summed E-state index contributed by atoms with van der Waals surface area (Å²) >= 11 is 0.